The van der Waals surface area contributed by atoms with E-state index in [9.17, 15) is 19.2 Å². The number of alkyl carbamates (subject to hydrolysis) is 1. The van der Waals surface area contributed by atoms with Crippen molar-refractivity contribution in [1.82, 2.24) is 25.9 Å². The normalized spacial score (nSPS) is 16.9. The van der Waals surface area contributed by atoms with Gasteiger partial charge < -0.3 is 30.2 Å². The number of rotatable bonds is 10. The summed E-state index contributed by atoms with van der Waals surface area (Å²) in [6.45, 7) is 4.45. The lowest BCUT2D eigenvalue weighted by Crippen LogP contribution is -2.56. The van der Waals surface area contributed by atoms with Gasteiger partial charge in [-0.3, -0.25) is 14.4 Å². The molecule has 0 aliphatic carbocycles. The lowest BCUT2D eigenvalue weighted by atomic mass is 10.0. The van der Waals surface area contributed by atoms with E-state index in [0.29, 0.717) is 24.7 Å². The molecule has 3 amide bonds. The SMILES string of the molecule is COCCOCCOC(=O)NC(C(=O)NC1Cc2ccnc(n2)CNC(=O)C1=O)C(C)C. The van der Waals surface area contributed by atoms with Crippen molar-refractivity contribution in [3.8, 4) is 0 Å². The fraction of sp³-hybridized carbons (Fsp3) is 0.600. The molecule has 1 aromatic rings. The summed E-state index contributed by atoms with van der Waals surface area (Å²) >= 11 is 0. The van der Waals surface area contributed by atoms with Gasteiger partial charge in [-0.15, -0.1) is 0 Å². The second-order valence-electron chi connectivity index (χ2n) is 7.38. The molecule has 0 radical (unpaired) electrons. The molecule has 32 heavy (non-hydrogen) atoms. The molecule has 2 rings (SSSR count). The van der Waals surface area contributed by atoms with Crippen molar-refractivity contribution in [3.05, 3.63) is 23.8 Å². The highest BCUT2D eigenvalue weighted by Gasteiger charge is 2.32. The average Bonchev–Trinajstić information content (AvgIpc) is 2.79. The summed E-state index contributed by atoms with van der Waals surface area (Å²) in [6, 6.07) is -0.520. The van der Waals surface area contributed by atoms with E-state index in [-0.39, 0.29) is 32.1 Å². The van der Waals surface area contributed by atoms with Gasteiger partial charge in [0.2, 0.25) is 11.7 Å². The molecule has 0 spiro atoms. The molecular formula is C20H29N5O7. The van der Waals surface area contributed by atoms with Crippen molar-refractivity contribution >= 4 is 23.7 Å². The number of ether oxygens (including phenoxy) is 3. The topological polar surface area (TPSA) is 158 Å². The van der Waals surface area contributed by atoms with Crippen LogP contribution in [0.5, 0.6) is 0 Å². The van der Waals surface area contributed by atoms with E-state index in [1.54, 1.807) is 27.0 Å². The first-order valence-corrected chi connectivity index (χ1v) is 10.2. The van der Waals surface area contributed by atoms with E-state index in [0.717, 1.165) is 0 Å². The van der Waals surface area contributed by atoms with Crippen molar-refractivity contribution in [2.75, 3.05) is 33.5 Å². The van der Waals surface area contributed by atoms with Crippen molar-refractivity contribution in [2.24, 2.45) is 5.92 Å². The summed E-state index contributed by atoms with van der Waals surface area (Å²) in [7, 11) is 1.55. The highest BCUT2D eigenvalue weighted by molar-refractivity contribution is 6.38. The van der Waals surface area contributed by atoms with E-state index in [2.05, 4.69) is 25.9 Å². The van der Waals surface area contributed by atoms with Crippen LogP contribution in [0, 0.1) is 5.92 Å². The Bertz CT molecular complexity index is 817. The Balaban J connectivity index is 1.97. The molecule has 2 unspecified atom stereocenters. The van der Waals surface area contributed by atoms with Gasteiger partial charge in [-0.25, -0.2) is 14.8 Å². The molecule has 1 aromatic heterocycles. The molecule has 12 heteroatoms. The summed E-state index contributed by atoms with van der Waals surface area (Å²) in [4.78, 5) is 57.9. The van der Waals surface area contributed by atoms with Gasteiger partial charge in [-0.2, -0.15) is 0 Å². The third-order valence-corrected chi connectivity index (χ3v) is 4.56. The van der Waals surface area contributed by atoms with Crippen LogP contribution in [0.2, 0.25) is 0 Å². The largest absolute Gasteiger partial charge is 0.447 e. The molecule has 1 aliphatic rings. The van der Waals surface area contributed by atoms with E-state index in [1.807, 2.05) is 0 Å². The van der Waals surface area contributed by atoms with E-state index in [4.69, 9.17) is 14.2 Å². The third kappa shape index (κ3) is 7.85. The van der Waals surface area contributed by atoms with E-state index < -0.39 is 35.8 Å². The maximum absolute atomic E-state index is 12.9. The first-order chi connectivity index (χ1) is 15.3. The maximum atomic E-state index is 12.9. The number of Topliss-reactive ketones (excluding diaryl/α,β-unsaturated/α-hetero) is 1. The molecule has 1 aliphatic heterocycles. The van der Waals surface area contributed by atoms with Gasteiger partial charge in [0, 0.05) is 25.4 Å². The molecule has 12 nitrogen and oxygen atoms in total. The standard InChI is InChI=1S/C20H29N5O7/c1-12(2)16(25-20(29)32-9-8-31-7-6-30-3)18(27)24-14-10-13-4-5-21-15(23-13)11-22-19(28)17(14)26/h4-5,12,14,16H,6-11H2,1-3H3,(H,22,28)(H,24,27)(H,25,29). The minimum absolute atomic E-state index is 0.000685. The Morgan fingerprint density at radius 1 is 1.22 bits per heavy atom. The van der Waals surface area contributed by atoms with Crippen LogP contribution in [0.4, 0.5) is 4.79 Å². The number of hydrogen-bond acceptors (Lipinski definition) is 9. The number of nitrogens with zero attached hydrogens (tertiary/aromatic N) is 2. The van der Waals surface area contributed by atoms with Crippen LogP contribution in [0.3, 0.4) is 0 Å². The molecule has 0 aromatic carbocycles. The first kappa shape index (κ1) is 25.1. The molecule has 2 bridgehead atoms. The third-order valence-electron chi connectivity index (χ3n) is 4.56. The Hall–Kier alpha value is -3.12. The fourth-order valence-electron chi connectivity index (χ4n) is 2.87. The average molecular weight is 451 g/mol. The second kappa shape index (κ2) is 12.7. The molecule has 2 atom stereocenters. The highest BCUT2D eigenvalue weighted by atomic mass is 16.6. The molecule has 2 heterocycles. The van der Waals surface area contributed by atoms with Gasteiger partial charge in [0.1, 0.15) is 24.5 Å². The molecule has 3 N–H and O–H groups in total. The van der Waals surface area contributed by atoms with Gasteiger partial charge in [0.05, 0.1) is 26.4 Å². The minimum atomic E-state index is -1.14. The Kier molecular flexibility index (Phi) is 9.95. The van der Waals surface area contributed by atoms with Crippen molar-refractivity contribution in [3.63, 3.8) is 0 Å². The zero-order valence-corrected chi connectivity index (χ0v) is 18.4. The van der Waals surface area contributed by atoms with Crippen LogP contribution >= 0.6 is 0 Å². The number of nitrogens with one attached hydrogen (secondary N) is 3. The fourth-order valence-corrected chi connectivity index (χ4v) is 2.87. The number of carbonyl (C=O) groups is 4. The van der Waals surface area contributed by atoms with Crippen molar-refractivity contribution in [1.29, 1.82) is 0 Å². The molecule has 176 valence electrons. The predicted octanol–water partition coefficient (Wildman–Crippen LogP) is -0.883. The van der Waals surface area contributed by atoms with Crippen LogP contribution in [0.1, 0.15) is 25.4 Å². The maximum Gasteiger partial charge on any atom is 0.407 e. The molecule has 0 fully saturated rings. The summed E-state index contributed by atoms with van der Waals surface area (Å²) < 4.78 is 15.1. The van der Waals surface area contributed by atoms with Crippen LogP contribution in [0.25, 0.3) is 0 Å². The monoisotopic (exact) mass is 451 g/mol. The predicted molar refractivity (Wildman–Crippen MR) is 110 cm³/mol. The van der Waals surface area contributed by atoms with E-state index >= 15 is 0 Å². The van der Waals surface area contributed by atoms with Crippen molar-refractivity contribution in [2.45, 2.75) is 38.9 Å². The van der Waals surface area contributed by atoms with Crippen LogP contribution in [-0.4, -0.2) is 79.3 Å². The number of ketones is 1. The molecular weight excluding hydrogens is 422 g/mol. The molecule has 0 saturated carbocycles. The molecule has 0 saturated heterocycles. The van der Waals surface area contributed by atoms with Gasteiger partial charge in [-0.05, 0) is 12.0 Å². The smallest absolute Gasteiger partial charge is 0.407 e. The Morgan fingerprint density at radius 2 is 1.97 bits per heavy atom. The zero-order chi connectivity index (χ0) is 23.5. The van der Waals surface area contributed by atoms with Gasteiger partial charge in [-0.1, -0.05) is 13.8 Å². The lowest BCUT2D eigenvalue weighted by Gasteiger charge is -2.24. The summed E-state index contributed by atoms with van der Waals surface area (Å²) in [6.07, 6.45) is 0.737. The van der Waals surface area contributed by atoms with Gasteiger partial charge >= 0.3 is 6.09 Å². The number of amides is 3. The van der Waals surface area contributed by atoms with Gasteiger partial charge in [0.25, 0.3) is 5.91 Å². The Labute approximate surface area is 185 Å². The summed E-state index contributed by atoms with van der Waals surface area (Å²) in [5.41, 5.74) is 0.507. The second-order valence-corrected chi connectivity index (χ2v) is 7.38. The van der Waals surface area contributed by atoms with Crippen LogP contribution < -0.4 is 16.0 Å². The van der Waals surface area contributed by atoms with Crippen LogP contribution in [-0.2, 0) is 41.6 Å². The number of hydrogen-bond donors (Lipinski definition) is 3. The number of aromatic nitrogens is 2. The lowest BCUT2D eigenvalue weighted by molar-refractivity contribution is -0.140. The van der Waals surface area contributed by atoms with Crippen molar-refractivity contribution < 1.29 is 33.4 Å². The quantitative estimate of drug-likeness (QED) is 0.303. The van der Waals surface area contributed by atoms with Crippen LogP contribution in [0.15, 0.2) is 12.3 Å². The van der Waals surface area contributed by atoms with Gasteiger partial charge in [0.15, 0.2) is 0 Å². The number of methoxy groups -OCH3 is 1. The summed E-state index contributed by atoms with van der Waals surface area (Å²) in [5, 5.41) is 7.49. The number of fused-ring (bicyclic) bond motifs is 2. The zero-order valence-electron chi connectivity index (χ0n) is 18.4. The number of carbonyl (C=O) groups excluding carboxylic acids is 4. The minimum Gasteiger partial charge on any atom is -0.447 e. The Morgan fingerprint density at radius 3 is 2.69 bits per heavy atom. The first-order valence-electron chi connectivity index (χ1n) is 10.2. The summed E-state index contributed by atoms with van der Waals surface area (Å²) in [5.74, 6) is -2.21. The van der Waals surface area contributed by atoms with E-state index in [1.165, 1.54) is 6.20 Å². The highest BCUT2D eigenvalue weighted by Crippen LogP contribution is 2.08.